The van der Waals surface area contributed by atoms with Crippen LogP contribution in [0.1, 0.15) is 33.1 Å². The number of carbonyl (C=O) groups is 1. The van der Waals surface area contributed by atoms with E-state index < -0.39 is 0 Å². The standard InChI is InChI=1S/C14H24N2O2/c1-8(2)16-12(17)3-4-18-14-9-5-10-7-15-13(14)11(10)6-9/h8-11,13-15H,3-7H2,1-2H3,(H,16,17). The second-order valence-electron chi connectivity index (χ2n) is 6.40. The summed E-state index contributed by atoms with van der Waals surface area (Å²) in [5.41, 5.74) is 0. The molecule has 0 aromatic carbocycles. The van der Waals surface area contributed by atoms with Gasteiger partial charge in [0.25, 0.3) is 0 Å². The summed E-state index contributed by atoms with van der Waals surface area (Å²) in [6.45, 7) is 5.71. The van der Waals surface area contributed by atoms with Crippen LogP contribution >= 0.6 is 0 Å². The predicted octanol–water partition coefficient (Wildman–Crippen LogP) is 0.914. The first-order valence-corrected chi connectivity index (χ1v) is 7.29. The molecule has 5 unspecified atom stereocenters. The molecule has 2 aliphatic carbocycles. The molecule has 1 heterocycles. The molecule has 1 aliphatic heterocycles. The molecule has 0 aromatic rings. The molecule has 2 saturated carbocycles. The minimum atomic E-state index is 0.102. The maximum Gasteiger partial charge on any atom is 0.222 e. The van der Waals surface area contributed by atoms with E-state index in [2.05, 4.69) is 10.6 Å². The highest BCUT2D eigenvalue weighted by molar-refractivity contribution is 5.76. The summed E-state index contributed by atoms with van der Waals surface area (Å²) in [7, 11) is 0. The van der Waals surface area contributed by atoms with Gasteiger partial charge in [0, 0.05) is 18.5 Å². The van der Waals surface area contributed by atoms with E-state index in [9.17, 15) is 4.79 Å². The van der Waals surface area contributed by atoms with E-state index in [-0.39, 0.29) is 11.9 Å². The van der Waals surface area contributed by atoms with Gasteiger partial charge in [0.05, 0.1) is 12.7 Å². The van der Waals surface area contributed by atoms with Crippen LogP contribution < -0.4 is 10.6 Å². The van der Waals surface area contributed by atoms with Gasteiger partial charge in [-0.3, -0.25) is 4.79 Å². The predicted molar refractivity (Wildman–Crippen MR) is 69.1 cm³/mol. The second kappa shape index (κ2) is 4.82. The van der Waals surface area contributed by atoms with Gasteiger partial charge in [-0.25, -0.2) is 0 Å². The Balaban J connectivity index is 1.43. The Morgan fingerprint density at radius 3 is 3.00 bits per heavy atom. The van der Waals surface area contributed by atoms with Crippen molar-refractivity contribution in [1.82, 2.24) is 10.6 Å². The summed E-state index contributed by atoms with van der Waals surface area (Å²) in [5, 5.41) is 6.51. The van der Waals surface area contributed by atoms with Crippen LogP contribution in [-0.4, -0.2) is 37.2 Å². The third-order valence-corrected chi connectivity index (χ3v) is 4.77. The first-order chi connectivity index (χ1) is 8.65. The van der Waals surface area contributed by atoms with Crippen LogP contribution in [0.25, 0.3) is 0 Å². The van der Waals surface area contributed by atoms with E-state index in [0.717, 1.165) is 17.8 Å². The number of ether oxygens (including phenoxy) is 1. The third kappa shape index (κ3) is 2.16. The maximum atomic E-state index is 11.5. The highest BCUT2D eigenvalue weighted by atomic mass is 16.5. The normalized spacial score (nSPS) is 40.7. The summed E-state index contributed by atoms with van der Waals surface area (Å²) in [5.74, 6) is 2.60. The average Bonchev–Trinajstić information content (AvgIpc) is 2.87. The lowest BCUT2D eigenvalue weighted by Gasteiger charge is -2.27. The van der Waals surface area contributed by atoms with Crippen molar-refractivity contribution in [2.75, 3.05) is 13.2 Å². The highest BCUT2D eigenvalue weighted by Gasteiger charge is 2.56. The summed E-state index contributed by atoms with van der Waals surface area (Å²) in [4.78, 5) is 11.5. The smallest absolute Gasteiger partial charge is 0.222 e. The van der Waals surface area contributed by atoms with Crippen molar-refractivity contribution in [3.8, 4) is 0 Å². The number of hydrogen-bond donors (Lipinski definition) is 2. The van der Waals surface area contributed by atoms with Gasteiger partial charge >= 0.3 is 0 Å². The first-order valence-electron chi connectivity index (χ1n) is 7.29. The molecule has 4 heteroatoms. The van der Waals surface area contributed by atoms with Gasteiger partial charge in [-0.2, -0.15) is 0 Å². The van der Waals surface area contributed by atoms with Crippen LogP contribution in [0.4, 0.5) is 0 Å². The number of nitrogens with one attached hydrogen (secondary N) is 2. The van der Waals surface area contributed by atoms with E-state index in [1.807, 2.05) is 13.8 Å². The van der Waals surface area contributed by atoms with Crippen LogP contribution in [0.3, 0.4) is 0 Å². The van der Waals surface area contributed by atoms with E-state index in [4.69, 9.17) is 4.74 Å². The van der Waals surface area contributed by atoms with Crippen molar-refractivity contribution in [2.24, 2.45) is 17.8 Å². The quantitative estimate of drug-likeness (QED) is 0.765. The minimum Gasteiger partial charge on any atom is -0.376 e. The maximum absolute atomic E-state index is 11.5. The zero-order valence-electron chi connectivity index (χ0n) is 11.3. The molecule has 1 saturated heterocycles. The van der Waals surface area contributed by atoms with Crippen molar-refractivity contribution in [1.29, 1.82) is 0 Å². The van der Waals surface area contributed by atoms with Gasteiger partial charge in [-0.05, 0) is 51.0 Å². The molecule has 1 amide bonds. The molecule has 3 rings (SSSR count). The van der Waals surface area contributed by atoms with Crippen LogP contribution in [0.5, 0.6) is 0 Å². The van der Waals surface area contributed by atoms with Crippen molar-refractivity contribution in [2.45, 2.75) is 51.3 Å². The van der Waals surface area contributed by atoms with E-state index in [1.165, 1.54) is 19.4 Å². The fourth-order valence-electron chi connectivity index (χ4n) is 4.16. The van der Waals surface area contributed by atoms with Crippen LogP contribution in [0, 0.1) is 17.8 Å². The summed E-state index contributed by atoms with van der Waals surface area (Å²) in [6, 6.07) is 0.791. The lowest BCUT2D eigenvalue weighted by atomic mass is 9.88. The lowest BCUT2D eigenvalue weighted by Crippen LogP contribution is -2.40. The summed E-state index contributed by atoms with van der Waals surface area (Å²) < 4.78 is 6.00. The Hall–Kier alpha value is -0.610. The molecular weight excluding hydrogens is 228 g/mol. The van der Waals surface area contributed by atoms with Crippen molar-refractivity contribution in [3.63, 3.8) is 0 Å². The highest BCUT2D eigenvalue weighted by Crippen LogP contribution is 2.52. The summed E-state index contributed by atoms with van der Waals surface area (Å²) >= 11 is 0. The molecule has 2 bridgehead atoms. The number of hydrogen-bond acceptors (Lipinski definition) is 3. The molecule has 2 N–H and O–H groups in total. The molecule has 0 spiro atoms. The lowest BCUT2D eigenvalue weighted by molar-refractivity contribution is -0.123. The number of fused-ring (bicyclic) bond motifs is 1. The molecule has 102 valence electrons. The fourth-order valence-corrected chi connectivity index (χ4v) is 4.16. The second-order valence-corrected chi connectivity index (χ2v) is 6.40. The Labute approximate surface area is 109 Å². The minimum absolute atomic E-state index is 0.102. The van der Waals surface area contributed by atoms with Gasteiger partial charge in [-0.15, -0.1) is 0 Å². The van der Waals surface area contributed by atoms with E-state index in [1.54, 1.807) is 0 Å². The Morgan fingerprint density at radius 1 is 1.39 bits per heavy atom. The number of amides is 1. The van der Waals surface area contributed by atoms with Crippen LogP contribution in [0.15, 0.2) is 0 Å². The number of rotatable bonds is 5. The van der Waals surface area contributed by atoms with Gasteiger partial charge in [0.1, 0.15) is 0 Å². The molecule has 0 radical (unpaired) electrons. The van der Waals surface area contributed by atoms with Gasteiger partial charge in [-0.1, -0.05) is 0 Å². The molecule has 18 heavy (non-hydrogen) atoms. The van der Waals surface area contributed by atoms with Gasteiger partial charge in [0.2, 0.25) is 5.91 Å². The average molecular weight is 252 g/mol. The monoisotopic (exact) mass is 252 g/mol. The molecule has 5 atom stereocenters. The molecule has 3 aliphatic rings. The van der Waals surface area contributed by atoms with Gasteiger partial charge in [0.15, 0.2) is 0 Å². The van der Waals surface area contributed by atoms with Crippen LogP contribution in [-0.2, 0) is 9.53 Å². The fraction of sp³-hybridized carbons (Fsp3) is 0.929. The van der Waals surface area contributed by atoms with Crippen LogP contribution in [0.2, 0.25) is 0 Å². The number of carbonyl (C=O) groups excluding carboxylic acids is 1. The Morgan fingerprint density at radius 2 is 2.22 bits per heavy atom. The van der Waals surface area contributed by atoms with E-state index >= 15 is 0 Å². The van der Waals surface area contributed by atoms with E-state index in [0.29, 0.717) is 25.2 Å². The SMILES string of the molecule is CC(C)NC(=O)CCOC1C2CC3CNC1C3C2. The first kappa shape index (κ1) is 12.4. The Bertz CT molecular complexity index is 330. The molecule has 4 nitrogen and oxygen atoms in total. The molecule has 0 aromatic heterocycles. The van der Waals surface area contributed by atoms with Gasteiger partial charge < -0.3 is 15.4 Å². The third-order valence-electron chi connectivity index (χ3n) is 4.77. The zero-order valence-corrected chi connectivity index (χ0v) is 11.3. The largest absolute Gasteiger partial charge is 0.376 e. The molecular formula is C14H24N2O2. The summed E-state index contributed by atoms with van der Waals surface area (Å²) in [6.07, 6.45) is 3.52. The van der Waals surface area contributed by atoms with Crippen molar-refractivity contribution < 1.29 is 9.53 Å². The van der Waals surface area contributed by atoms with Crippen molar-refractivity contribution in [3.05, 3.63) is 0 Å². The van der Waals surface area contributed by atoms with Crippen molar-refractivity contribution >= 4 is 5.91 Å². The Kier molecular flexibility index (Phi) is 3.32. The molecule has 3 fully saturated rings. The topological polar surface area (TPSA) is 50.4 Å². The zero-order chi connectivity index (χ0) is 12.7.